The molecule has 0 atom stereocenters. The van der Waals surface area contributed by atoms with Gasteiger partial charge in [-0.2, -0.15) is 0 Å². The van der Waals surface area contributed by atoms with Crippen molar-refractivity contribution in [1.29, 1.82) is 0 Å². The molecule has 4 nitrogen and oxygen atoms in total. The third-order valence-corrected chi connectivity index (χ3v) is 8.12. The minimum Gasteiger partial charge on any atom is -0.309 e. The monoisotopic (exact) mass is 510 g/mol. The van der Waals surface area contributed by atoms with Crippen LogP contribution in [-0.4, -0.2) is 19.1 Å². The highest BCUT2D eigenvalue weighted by atomic mass is 15.2. The minimum atomic E-state index is 0.679. The molecule has 9 aromatic rings. The second-order valence-corrected chi connectivity index (χ2v) is 10.3. The predicted octanol–water partition coefficient (Wildman–Crippen LogP) is 8.98. The fourth-order valence-corrected chi connectivity index (χ4v) is 6.38. The highest BCUT2D eigenvalue weighted by molar-refractivity contribution is 6.27. The number of fused-ring (bicyclic) bond motifs is 9. The van der Waals surface area contributed by atoms with Gasteiger partial charge in [0.2, 0.25) is 5.95 Å². The van der Waals surface area contributed by atoms with Crippen LogP contribution in [0.15, 0.2) is 134 Å². The zero-order valence-corrected chi connectivity index (χ0v) is 21.5. The predicted molar refractivity (Wildman–Crippen MR) is 166 cm³/mol. The second kappa shape index (κ2) is 8.01. The molecular formula is C36H22N4. The summed E-state index contributed by atoms with van der Waals surface area (Å²) in [7, 11) is 0. The zero-order chi connectivity index (χ0) is 26.2. The Hall–Kier alpha value is -5.48. The molecular weight excluding hydrogens is 488 g/mol. The quantitative estimate of drug-likeness (QED) is 0.233. The molecule has 3 aromatic heterocycles. The molecule has 0 saturated carbocycles. The molecule has 0 saturated heterocycles. The molecule has 4 heteroatoms. The normalized spacial score (nSPS) is 12.0. The highest BCUT2D eigenvalue weighted by Crippen LogP contribution is 2.42. The standard InChI is InChI=1S/C36H22N4/c1-2-13-26(14-3-1)39-32-19-18-28-27-15-7-9-17-31(27)40(36-37-22-25-12-6-8-16-30(25)38-36)35(28)34(32)29-20-23-10-4-5-11-24(23)21-33(29)39/h1-22H. The molecule has 0 radical (unpaired) electrons. The van der Waals surface area contributed by atoms with Gasteiger partial charge in [-0.3, -0.25) is 4.57 Å². The van der Waals surface area contributed by atoms with Gasteiger partial charge in [0, 0.05) is 38.8 Å². The van der Waals surface area contributed by atoms with Gasteiger partial charge in [0.25, 0.3) is 0 Å². The van der Waals surface area contributed by atoms with Gasteiger partial charge in [-0.05, 0) is 53.2 Å². The number of hydrogen-bond donors (Lipinski definition) is 0. The maximum absolute atomic E-state index is 5.06. The first-order valence-corrected chi connectivity index (χ1v) is 13.5. The molecule has 6 aromatic carbocycles. The van der Waals surface area contributed by atoms with Gasteiger partial charge < -0.3 is 4.57 Å². The maximum atomic E-state index is 5.06. The molecule has 0 bridgehead atoms. The Balaban J connectivity index is 1.54. The van der Waals surface area contributed by atoms with Gasteiger partial charge in [0.05, 0.1) is 27.6 Å². The fourth-order valence-electron chi connectivity index (χ4n) is 6.38. The summed E-state index contributed by atoms with van der Waals surface area (Å²) in [6.07, 6.45) is 1.93. The van der Waals surface area contributed by atoms with E-state index in [0.29, 0.717) is 5.95 Å². The summed E-state index contributed by atoms with van der Waals surface area (Å²) in [6, 6.07) is 45.2. The average Bonchev–Trinajstić information content (AvgIpc) is 3.52. The maximum Gasteiger partial charge on any atom is 0.235 e. The number of aromatic nitrogens is 4. The number of nitrogens with zero attached hydrogens (tertiary/aromatic N) is 4. The third kappa shape index (κ3) is 2.90. The summed E-state index contributed by atoms with van der Waals surface area (Å²) < 4.78 is 4.64. The summed E-state index contributed by atoms with van der Waals surface area (Å²) in [5, 5.41) is 8.29. The topological polar surface area (TPSA) is 35.6 Å². The summed E-state index contributed by atoms with van der Waals surface area (Å²) in [5.41, 5.74) is 6.65. The molecule has 0 amide bonds. The second-order valence-electron chi connectivity index (χ2n) is 10.3. The van der Waals surface area contributed by atoms with Crippen molar-refractivity contribution < 1.29 is 0 Å². The summed E-state index contributed by atoms with van der Waals surface area (Å²) in [4.78, 5) is 9.96. The molecule has 3 heterocycles. The Kier molecular flexibility index (Phi) is 4.30. The first kappa shape index (κ1) is 21.5. The summed E-state index contributed by atoms with van der Waals surface area (Å²) in [6.45, 7) is 0. The van der Waals surface area contributed by atoms with Crippen molar-refractivity contribution in [3.05, 3.63) is 134 Å². The van der Waals surface area contributed by atoms with Crippen molar-refractivity contribution in [1.82, 2.24) is 19.1 Å². The smallest absolute Gasteiger partial charge is 0.235 e. The number of rotatable bonds is 2. The lowest BCUT2D eigenvalue weighted by Gasteiger charge is -2.09. The van der Waals surface area contributed by atoms with Crippen LogP contribution in [-0.2, 0) is 0 Å². The Bertz CT molecular complexity index is 2430. The van der Waals surface area contributed by atoms with Crippen molar-refractivity contribution in [2.24, 2.45) is 0 Å². The number of para-hydroxylation sites is 3. The van der Waals surface area contributed by atoms with Crippen LogP contribution in [0, 0.1) is 0 Å². The van der Waals surface area contributed by atoms with Crippen molar-refractivity contribution in [3.63, 3.8) is 0 Å². The van der Waals surface area contributed by atoms with Crippen LogP contribution in [0.3, 0.4) is 0 Å². The van der Waals surface area contributed by atoms with E-state index in [1.165, 1.54) is 37.8 Å². The SMILES string of the molecule is c1ccc(-n2c3cc4ccccc4cc3c3c2ccc2c4ccccc4n(-c4ncc5ccccc5n4)c23)cc1. The van der Waals surface area contributed by atoms with Crippen LogP contribution in [0.2, 0.25) is 0 Å². The van der Waals surface area contributed by atoms with Gasteiger partial charge in [0.15, 0.2) is 0 Å². The zero-order valence-electron chi connectivity index (χ0n) is 21.5. The van der Waals surface area contributed by atoms with Crippen molar-refractivity contribution in [3.8, 4) is 11.6 Å². The molecule has 0 unspecified atom stereocenters. The molecule has 0 N–H and O–H groups in total. The molecule has 186 valence electrons. The van der Waals surface area contributed by atoms with E-state index in [-0.39, 0.29) is 0 Å². The van der Waals surface area contributed by atoms with E-state index in [2.05, 4.69) is 124 Å². The van der Waals surface area contributed by atoms with E-state index >= 15 is 0 Å². The van der Waals surface area contributed by atoms with E-state index in [4.69, 9.17) is 9.97 Å². The molecule has 0 spiro atoms. The van der Waals surface area contributed by atoms with E-state index < -0.39 is 0 Å². The first-order valence-electron chi connectivity index (χ1n) is 13.5. The molecule has 0 aliphatic heterocycles. The summed E-state index contributed by atoms with van der Waals surface area (Å²) >= 11 is 0. The van der Waals surface area contributed by atoms with E-state index in [1.807, 2.05) is 18.3 Å². The van der Waals surface area contributed by atoms with Gasteiger partial charge in [-0.25, -0.2) is 9.97 Å². The largest absolute Gasteiger partial charge is 0.309 e. The molecule has 0 fully saturated rings. The van der Waals surface area contributed by atoms with E-state index in [9.17, 15) is 0 Å². The van der Waals surface area contributed by atoms with Gasteiger partial charge >= 0.3 is 0 Å². The number of hydrogen-bond acceptors (Lipinski definition) is 2. The fraction of sp³-hybridized carbons (Fsp3) is 0. The lowest BCUT2D eigenvalue weighted by molar-refractivity contribution is 1.01. The highest BCUT2D eigenvalue weighted by Gasteiger charge is 2.22. The van der Waals surface area contributed by atoms with Crippen LogP contribution in [0.4, 0.5) is 0 Å². The lowest BCUT2D eigenvalue weighted by atomic mass is 10.0. The molecule has 0 aliphatic rings. The third-order valence-electron chi connectivity index (χ3n) is 8.12. The van der Waals surface area contributed by atoms with Gasteiger partial charge in [-0.15, -0.1) is 0 Å². The Morgan fingerprint density at radius 3 is 2.08 bits per heavy atom. The van der Waals surface area contributed by atoms with Gasteiger partial charge in [-0.1, -0.05) is 84.9 Å². The Morgan fingerprint density at radius 2 is 1.20 bits per heavy atom. The van der Waals surface area contributed by atoms with Crippen molar-refractivity contribution >= 4 is 65.3 Å². The number of benzene rings is 6. The van der Waals surface area contributed by atoms with Crippen LogP contribution in [0.25, 0.3) is 76.9 Å². The first-order chi connectivity index (χ1) is 19.8. The van der Waals surface area contributed by atoms with Crippen molar-refractivity contribution in [2.75, 3.05) is 0 Å². The van der Waals surface area contributed by atoms with Crippen LogP contribution >= 0.6 is 0 Å². The van der Waals surface area contributed by atoms with Crippen molar-refractivity contribution in [2.45, 2.75) is 0 Å². The molecule has 9 rings (SSSR count). The van der Waals surface area contributed by atoms with Gasteiger partial charge in [0.1, 0.15) is 0 Å². The molecule has 40 heavy (non-hydrogen) atoms. The average molecular weight is 511 g/mol. The van der Waals surface area contributed by atoms with Crippen LogP contribution in [0.5, 0.6) is 0 Å². The summed E-state index contributed by atoms with van der Waals surface area (Å²) in [5.74, 6) is 0.679. The lowest BCUT2D eigenvalue weighted by Crippen LogP contribution is -2.01. The minimum absolute atomic E-state index is 0.679. The Morgan fingerprint density at radius 1 is 0.475 bits per heavy atom. The van der Waals surface area contributed by atoms with E-state index in [1.54, 1.807) is 0 Å². The van der Waals surface area contributed by atoms with Crippen LogP contribution < -0.4 is 0 Å². The Labute approximate surface area is 229 Å². The molecule has 0 aliphatic carbocycles. The van der Waals surface area contributed by atoms with E-state index in [0.717, 1.165) is 33.1 Å². The van der Waals surface area contributed by atoms with Crippen LogP contribution in [0.1, 0.15) is 0 Å².